The second-order valence-corrected chi connectivity index (χ2v) is 6.87. The number of carbonyl (C=O) groups excluding carboxylic acids is 2. The molecule has 1 amide bonds. The SMILES string of the molecule is Cc1ccc(C(=O)OCC(=O)N2CCN(c3ccccc3Cl)CC2)cc1N. The third-order valence-electron chi connectivity index (χ3n) is 4.67. The Kier molecular flexibility index (Phi) is 5.86. The summed E-state index contributed by atoms with van der Waals surface area (Å²) >= 11 is 6.23. The number of carbonyl (C=O) groups is 2. The number of ether oxygens (including phenoxy) is 1. The Labute approximate surface area is 163 Å². The molecule has 2 N–H and O–H groups in total. The van der Waals surface area contributed by atoms with Gasteiger partial charge in [-0.05, 0) is 36.8 Å². The van der Waals surface area contributed by atoms with Crippen molar-refractivity contribution in [2.45, 2.75) is 6.92 Å². The monoisotopic (exact) mass is 387 g/mol. The van der Waals surface area contributed by atoms with Crippen molar-refractivity contribution in [3.63, 3.8) is 0 Å². The molecule has 1 saturated heterocycles. The zero-order chi connectivity index (χ0) is 19.4. The van der Waals surface area contributed by atoms with Gasteiger partial charge >= 0.3 is 5.97 Å². The van der Waals surface area contributed by atoms with E-state index in [1.807, 2.05) is 31.2 Å². The fourth-order valence-electron chi connectivity index (χ4n) is 2.97. The molecule has 0 aromatic heterocycles. The van der Waals surface area contributed by atoms with Gasteiger partial charge in [-0.2, -0.15) is 0 Å². The Morgan fingerprint density at radius 3 is 2.48 bits per heavy atom. The normalized spacial score (nSPS) is 14.1. The van der Waals surface area contributed by atoms with Crippen molar-refractivity contribution in [1.29, 1.82) is 0 Å². The van der Waals surface area contributed by atoms with Crippen LogP contribution in [0.2, 0.25) is 5.02 Å². The highest BCUT2D eigenvalue weighted by Gasteiger charge is 2.23. The van der Waals surface area contributed by atoms with Crippen LogP contribution in [0.1, 0.15) is 15.9 Å². The van der Waals surface area contributed by atoms with Crippen molar-refractivity contribution in [2.24, 2.45) is 0 Å². The van der Waals surface area contributed by atoms with E-state index in [0.717, 1.165) is 11.3 Å². The molecule has 0 unspecified atom stereocenters. The Bertz CT molecular complexity index is 848. The summed E-state index contributed by atoms with van der Waals surface area (Å²) in [4.78, 5) is 28.3. The highest BCUT2D eigenvalue weighted by atomic mass is 35.5. The van der Waals surface area contributed by atoms with Crippen LogP contribution in [-0.2, 0) is 9.53 Å². The summed E-state index contributed by atoms with van der Waals surface area (Å²) in [7, 11) is 0. The van der Waals surface area contributed by atoms with E-state index in [-0.39, 0.29) is 12.5 Å². The molecule has 142 valence electrons. The highest BCUT2D eigenvalue weighted by Crippen LogP contribution is 2.26. The number of hydrogen-bond donors (Lipinski definition) is 1. The van der Waals surface area contributed by atoms with Gasteiger partial charge in [0.05, 0.1) is 16.3 Å². The second kappa shape index (κ2) is 8.31. The number of benzene rings is 2. The van der Waals surface area contributed by atoms with Crippen LogP contribution in [0, 0.1) is 6.92 Å². The number of esters is 1. The highest BCUT2D eigenvalue weighted by molar-refractivity contribution is 6.33. The number of hydrogen-bond acceptors (Lipinski definition) is 5. The van der Waals surface area contributed by atoms with E-state index >= 15 is 0 Å². The molecule has 1 fully saturated rings. The number of piperazine rings is 1. The van der Waals surface area contributed by atoms with E-state index in [1.54, 1.807) is 23.1 Å². The minimum Gasteiger partial charge on any atom is -0.452 e. The lowest BCUT2D eigenvalue weighted by molar-refractivity contribution is -0.134. The van der Waals surface area contributed by atoms with E-state index in [1.165, 1.54) is 0 Å². The molecule has 1 heterocycles. The number of rotatable bonds is 4. The van der Waals surface area contributed by atoms with Crippen molar-refractivity contribution >= 4 is 34.9 Å². The Morgan fingerprint density at radius 1 is 1.11 bits per heavy atom. The first-order valence-electron chi connectivity index (χ1n) is 8.76. The molecule has 3 rings (SSSR count). The van der Waals surface area contributed by atoms with Crippen molar-refractivity contribution in [2.75, 3.05) is 43.4 Å². The maximum absolute atomic E-state index is 12.3. The quantitative estimate of drug-likeness (QED) is 0.644. The van der Waals surface area contributed by atoms with Gasteiger partial charge in [0, 0.05) is 31.9 Å². The van der Waals surface area contributed by atoms with Crippen LogP contribution in [-0.4, -0.2) is 49.6 Å². The van der Waals surface area contributed by atoms with Crippen LogP contribution in [0.4, 0.5) is 11.4 Å². The summed E-state index contributed by atoms with van der Waals surface area (Å²) < 4.78 is 5.15. The van der Waals surface area contributed by atoms with E-state index < -0.39 is 5.97 Å². The summed E-state index contributed by atoms with van der Waals surface area (Å²) in [5.74, 6) is -0.757. The molecule has 0 spiro atoms. The number of amides is 1. The predicted molar refractivity (Wildman–Crippen MR) is 106 cm³/mol. The number of para-hydroxylation sites is 1. The molecule has 0 atom stereocenters. The lowest BCUT2D eigenvalue weighted by atomic mass is 10.1. The van der Waals surface area contributed by atoms with Gasteiger partial charge in [0.1, 0.15) is 0 Å². The third kappa shape index (κ3) is 4.52. The third-order valence-corrected chi connectivity index (χ3v) is 4.99. The van der Waals surface area contributed by atoms with Crippen LogP contribution in [0.25, 0.3) is 0 Å². The largest absolute Gasteiger partial charge is 0.452 e. The zero-order valence-electron chi connectivity index (χ0n) is 15.2. The molecule has 27 heavy (non-hydrogen) atoms. The number of halogens is 1. The first-order chi connectivity index (χ1) is 13.0. The molecule has 2 aromatic rings. The first kappa shape index (κ1) is 19.0. The van der Waals surface area contributed by atoms with Crippen LogP contribution in [0.3, 0.4) is 0 Å². The summed E-state index contributed by atoms with van der Waals surface area (Å²) in [6.45, 7) is 4.04. The molecule has 1 aliphatic heterocycles. The number of anilines is 2. The van der Waals surface area contributed by atoms with Gasteiger partial charge in [-0.15, -0.1) is 0 Å². The van der Waals surface area contributed by atoms with Gasteiger partial charge in [0.2, 0.25) is 0 Å². The minimum atomic E-state index is -0.551. The van der Waals surface area contributed by atoms with Crippen molar-refractivity contribution in [1.82, 2.24) is 4.90 Å². The minimum absolute atomic E-state index is 0.206. The number of nitrogen functional groups attached to an aromatic ring is 1. The molecule has 0 aliphatic carbocycles. The average molecular weight is 388 g/mol. The maximum Gasteiger partial charge on any atom is 0.338 e. The zero-order valence-corrected chi connectivity index (χ0v) is 15.9. The Balaban J connectivity index is 1.50. The maximum atomic E-state index is 12.3. The summed E-state index contributed by atoms with van der Waals surface area (Å²) in [5.41, 5.74) is 8.52. The van der Waals surface area contributed by atoms with Gasteiger partial charge in [-0.1, -0.05) is 29.8 Å². The number of nitrogens with zero attached hydrogens (tertiary/aromatic N) is 2. The lowest BCUT2D eigenvalue weighted by Gasteiger charge is -2.36. The molecule has 0 radical (unpaired) electrons. The molecular weight excluding hydrogens is 366 g/mol. The van der Waals surface area contributed by atoms with Crippen LogP contribution >= 0.6 is 11.6 Å². The Morgan fingerprint density at radius 2 is 1.81 bits per heavy atom. The summed E-state index contributed by atoms with van der Waals surface area (Å²) in [6, 6.07) is 12.6. The summed E-state index contributed by atoms with van der Waals surface area (Å²) in [6.07, 6.45) is 0. The van der Waals surface area contributed by atoms with E-state index in [9.17, 15) is 9.59 Å². The molecule has 0 saturated carbocycles. The van der Waals surface area contributed by atoms with E-state index in [2.05, 4.69) is 4.90 Å². The number of nitrogens with two attached hydrogens (primary N) is 1. The molecule has 2 aromatic carbocycles. The predicted octanol–water partition coefficient (Wildman–Crippen LogP) is 2.74. The van der Waals surface area contributed by atoms with Gasteiger partial charge in [-0.3, -0.25) is 4.79 Å². The molecule has 7 heteroatoms. The van der Waals surface area contributed by atoms with Crippen LogP contribution in [0.15, 0.2) is 42.5 Å². The first-order valence-corrected chi connectivity index (χ1v) is 9.14. The van der Waals surface area contributed by atoms with Crippen molar-refractivity contribution in [3.8, 4) is 0 Å². The Hall–Kier alpha value is -2.73. The van der Waals surface area contributed by atoms with Crippen molar-refractivity contribution in [3.05, 3.63) is 58.6 Å². The van der Waals surface area contributed by atoms with Gasteiger partial charge < -0.3 is 20.3 Å². The molecular formula is C20H22ClN3O3. The van der Waals surface area contributed by atoms with Crippen LogP contribution < -0.4 is 10.6 Å². The van der Waals surface area contributed by atoms with Gasteiger partial charge in [-0.25, -0.2) is 4.79 Å². The summed E-state index contributed by atoms with van der Waals surface area (Å²) in [5, 5.41) is 0.698. The van der Waals surface area contributed by atoms with E-state index in [0.29, 0.717) is 42.5 Å². The van der Waals surface area contributed by atoms with Gasteiger partial charge in [0.25, 0.3) is 5.91 Å². The van der Waals surface area contributed by atoms with E-state index in [4.69, 9.17) is 22.1 Å². The molecule has 1 aliphatic rings. The van der Waals surface area contributed by atoms with Crippen LogP contribution in [0.5, 0.6) is 0 Å². The number of aryl methyl sites for hydroxylation is 1. The fraction of sp³-hybridized carbons (Fsp3) is 0.300. The van der Waals surface area contributed by atoms with Crippen molar-refractivity contribution < 1.29 is 14.3 Å². The van der Waals surface area contributed by atoms with Gasteiger partial charge in [0.15, 0.2) is 6.61 Å². The molecule has 0 bridgehead atoms. The molecule has 6 nitrogen and oxygen atoms in total. The smallest absolute Gasteiger partial charge is 0.338 e. The fourth-order valence-corrected chi connectivity index (χ4v) is 3.23. The topological polar surface area (TPSA) is 75.9 Å². The average Bonchev–Trinajstić information content (AvgIpc) is 2.68. The standard InChI is InChI=1S/C20H22ClN3O3/c1-14-6-7-15(12-17(14)22)20(26)27-13-19(25)24-10-8-23(9-11-24)18-5-3-2-4-16(18)21/h2-7,12H,8-11,13,22H2,1H3. The lowest BCUT2D eigenvalue weighted by Crippen LogP contribution is -2.50. The second-order valence-electron chi connectivity index (χ2n) is 6.47.